The zero-order chi connectivity index (χ0) is 32.4. The van der Waals surface area contributed by atoms with Crippen LogP contribution in [0, 0.1) is 3.57 Å². The summed E-state index contributed by atoms with van der Waals surface area (Å²) in [5.41, 5.74) is 2.65. The van der Waals surface area contributed by atoms with Gasteiger partial charge in [0.25, 0.3) is 5.56 Å². The Kier molecular flexibility index (Phi) is 10.4. The van der Waals surface area contributed by atoms with Crippen LogP contribution in [0.3, 0.4) is 0 Å². The number of benzene rings is 3. The van der Waals surface area contributed by atoms with E-state index in [1.54, 1.807) is 47.1 Å². The van der Waals surface area contributed by atoms with Crippen molar-refractivity contribution in [2.24, 2.45) is 4.99 Å². The second kappa shape index (κ2) is 14.1. The molecule has 0 amide bonds. The molecule has 4 aromatic rings. The monoisotopic (exact) mass is 822 g/mol. The van der Waals surface area contributed by atoms with Crippen molar-refractivity contribution in [1.29, 1.82) is 0 Å². The van der Waals surface area contributed by atoms with Gasteiger partial charge >= 0.3 is 5.97 Å². The summed E-state index contributed by atoms with van der Waals surface area (Å²) in [4.78, 5) is 32.8. The van der Waals surface area contributed by atoms with Crippen LogP contribution in [0.2, 0.25) is 5.02 Å². The lowest BCUT2D eigenvalue weighted by Crippen LogP contribution is -2.40. The van der Waals surface area contributed by atoms with Gasteiger partial charge in [-0.05, 0) is 91.4 Å². The summed E-state index contributed by atoms with van der Waals surface area (Å²) in [7, 11) is 3.12. The summed E-state index contributed by atoms with van der Waals surface area (Å²) in [5, 5.41) is 0.619. The predicted octanol–water partition coefficient (Wildman–Crippen LogP) is 6.80. The van der Waals surface area contributed by atoms with Crippen LogP contribution in [0.1, 0.15) is 43.5 Å². The Hall–Kier alpha value is -3.13. The Morgan fingerprint density at radius 1 is 1.13 bits per heavy atom. The van der Waals surface area contributed by atoms with Crippen molar-refractivity contribution in [3.63, 3.8) is 0 Å². The molecule has 1 aromatic heterocycles. The number of rotatable bonds is 9. The van der Waals surface area contributed by atoms with Crippen molar-refractivity contribution < 1.29 is 23.7 Å². The largest absolute Gasteiger partial charge is 0.496 e. The van der Waals surface area contributed by atoms with Gasteiger partial charge in [-0.25, -0.2) is 9.79 Å². The molecule has 0 unspecified atom stereocenters. The van der Waals surface area contributed by atoms with Crippen molar-refractivity contribution in [3.8, 4) is 17.2 Å². The summed E-state index contributed by atoms with van der Waals surface area (Å²) in [6.07, 6.45) is 1.42. The van der Waals surface area contributed by atoms with Crippen LogP contribution >= 0.6 is 61.5 Å². The number of hydrogen-bond acceptors (Lipinski definition) is 8. The van der Waals surface area contributed by atoms with E-state index < -0.39 is 12.0 Å². The van der Waals surface area contributed by atoms with Gasteiger partial charge in [0.2, 0.25) is 0 Å². The molecule has 1 atom stereocenters. The van der Waals surface area contributed by atoms with Gasteiger partial charge in [0.05, 0.1) is 39.7 Å². The first-order valence-electron chi connectivity index (χ1n) is 13.8. The van der Waals surface area contributed by atoms with Gasteiger partial charge in [0, 0.05) is 20.6 Å². The maximum atomic E-state index is 14.2. The molecule has 0 bridgehead atoms. The van der Waals surface area contributed by atoms with Gasteiger partial charge in [-0.15, -0.1) is 0 Å². The molecule has 45 heavy (non-hydrogen) atoms. The maximum Gasteiger partial charge on any atom is 0.338 e. The number of hydrogen-bond donors (Lipinski definition) is 0. The molecule has 0 fully saturated rings. The molecule has 0 N–H and O–H groups in total. The maximum absolute atomic E-state index is 14.2. The molecule has 0 radical (unpaired) electrons. The van der Waals surface area contributed by atoms with E-state index >= 15 is 0 Å². The number of esters is 1. The lowest BCUT2D eigenvalue weighted by Gasteiger charge is -2.26. The lowest BCUT2D eigenvalue weighted by molar-refractivity contribution is -0.143. The van der Waals surface area contributed by atoms with Crippen LogP contribution in [0.5, 0.6) is 17.2 Å². The van der Waals surface area contributed by atoms with Gasteiger partial charge in [0.1, 0.15) is 18.4 Å². The molecule has 3 aromatic carbocycles. The molecule has 0 aliphatic carbocycles. The van der Waals surface area contributed by atoms with E-state index in [0.29, 0.717) is 42.9 Å². The minimum absolute atomic E-state index is 0.268. The van der Waals surface area contributed by atoms with E-state index in [4.69, 9.17) is 30.5 Å². The van der Waals surface area contributed by atoms with E-state index in [0.717, 1.165) is 19.2 Å². The highest BCUT2D eigenvalue weighted by Crippen LogP contribution is 2.38. The standard InChI is InChI=1S/C33H29BrClIN2O6S/c1-17(2)44-32(40)28-18(3)37-33-38(29(28)22-15-21(34)10-11-25(22)41-4)31(39)27(45-33)14-19-12-24(36)30(26(13-19)42-5)43-16-20-8-6-7-9-23(20)35/h6-15,17,29H,16H2,1-5H3/b27-14-/t29-/m1/s1. The van der Waals surface area contributed by atoms with Gasteiger partial charge in [-0.2, -0.15) is 0 Å². The summed E-state index contributed by atoms with van der Waals surface area (Å²) in [6, 6.07) is 15.9. The molecule has 0 saturated heterocycles. The molecule has 12 heteroatoms. The molecule has 0 spiro atoms. The first-order chi connectivity index (χ1) is 21.5. The predicted molar refractivity (Wildman–Crippen MR) is 187 cm³/mol. The van der Waals surface area contributed by atoms with Gasteiger partial charge in [0.15, 0.2) is 16.3 Å². The number of methoxy groups -OCH3 is 2. The molecule has 0 saturated carbocycles. The summed E-state index contributed by atoms with van der Waals surface area (Å²) < 4.78 is 26.6. The molecular weight excluding hydrogens is 795 g/mol. The molecule has 2 heterocycles. The van der Waals surface area contributed by atoms with Crippen molar-refractivity contribution >= 4 is 73.5 Å². The highest BCUT2D eigenvalue weighted by Gasteiger charge is 2.35. The summed E-state index contributed by atoms with van der Waals surface area (Å²) in [6.45, 7) is 5.57. The first kappa shape index (κ1) is 33.2. The van der Waals surface area contributed by atoms with Crippen LogP contribution in [0.25, 0.3) is 6.08 Å². The number of thiazole rings is 1. The summed E-state index contributed by atoms with van der Waals surface area (Å²) in [5.74, 6) is 1.06. The van der Waals surface area contributed by atoms with Crippen molar-refractivity contribution in [2.45, 2.75) is 39.5 Å². The Bertz CT molecular complexity index is 2000. The number of carbonyl (C=O) groups excluding carboxylic acids is 1. The zero-order valence-electron chi connectivity index (χ0n) is 25.0. The minimum atomic E-state index is -0.822. The third-order valence-corrected chi connectivity index (χ3v) is 9.60. The highest BCUT2D eigenvalue weighted by molar-refractivity contribution is 14.1. The van der Waals surface area contributed by atoms with Gasteiger partial charge < -0.3 is 18.9 Å². The number of ether oxygens (including phenoxy) is 4. The molecule has 5 rings (SSSR count). The highest BCUT2D eigenvalue weighted by atomic mass is 127. The third kappa shape index (κ3) is 7.01. The number of halogens is 3. The van der Waals surface area contributed by atoms with Gasteiger partial charge in [-0.1, -0.05) is 57.1 Å². The second-order valence-corrected chi connectivity index (χ2v) is 13.8. The molecular formula is C33H29BrClIN2O6S. The summed E-state index contributed by atoms with van der Waals surface area (Å²) >= 11 is 13.3. The molecule has 234 valence electrons. The average molecular weight is 824 g/mol. The van der Waals surface area contributed by atoms with E-state index in [1.165, 1.54) is 15.9 Å². The van der Waals surface area contributed by atoms with Crippen molar-refractivity contribution in [3.05, 3.63) is 115 Å². The number of aromatic nitrogens is 1. The first-order valence-corrected chi connectivity index (χ1v) is 16.9. The quantitative estimate of drug-likeness (QED) is 0.136. The van der Waals surface area contributed by atoms with Crippen LogP contribution in [0.15, 0.2) is 80.1 Å². The van der Waals surface area contributed by atoms with E-state index in [1.807, 2.05) is 48.5 Å². The molecule has 8 nitrogen and oxygen atoms in total. The van der Waals surface area contributed by atoms with Crippen LogP contribution < -0.4 is 29.1 Å². The average Bonchev–Trinajstić information content (AvgIpc) is 3.29. The normalized spacial score (nSPS) is 14.7. The third-order valence-electron chi connectivity index (χ3n) is 6.95. The Labute approximate surface area is 291 Å². The van der Waals surface area contributed by atoms with Crippen LogP contribution in [-0.2, 0) is 16.1 Å². The molecule has 1 aliphatic heterocycles. The van der Waals surface area contributed by atoms with Crippen LogP contribution in [-0.4, -0.2) is 30.9 Å². The second-order valence-electron chi connectivity index (χ2n) is 10.3. The van der Waals surface area contributed by atoms with Crippen LogP contribution in [0.4, 0.5) is 0 Å². The Morgan fingerprint density at radius 3 is 2.56 bits per heavy atom. The zero-order valence-corrected chi connectivity index (χ0v) is 30.3. The molecule has 1 aliphatic rings. The number of carbonyl (C=O) groups is 1. The fourth-order valence-electron chi connectivity index (χ4n) is 4.95. The smallest absolute Gasteiger partial charge is 0.338 e. The Morgan fingerprint density at radius 2 is 1.87 bits per heavy atom. The number of allylic oxidation sites excluding steroid dienone is 1. The van der Waals surface area contributed by atoms with E-state index in [-0.39, 0.29) is 23.8 Å². The van der Waals surface area contributed by atoms with Crippen molar-refractivity contribution in [1.82, 2.24) is 4.57 Å². The lowest BCUT2D eigenvalue weighted by atomic mass is 9.95. The Balaban J connectivity index is 1.62. The fourth-order valence-corrected chi connectivity index (χ4v) is 7.35. The SMILES string of the molecule is COc1ccc(Br)cc1[C@@H]1C(C(=O)OC(C)C)=C(C)N=c2s/c(=C\c3cc(I)c(OCc4ccccc4Cl)c(OC)c3)c(=O)n21. The topological polar surface area (TPSA) is 88.4 Å². The fraction of sp³-hybridized carbons (Fsp3) is 0.242. The van der Waals surface area contributed by atoms with Crippen molar-refractivity contribution in [2.75, 3.05) is 14.2 Å². The minimum Gasteiger partial charge on any atom is -0.496 e. The number of nitrogens with zero attached hydrogens (tertiary/aromatic N) is 2. The van der Waals surface area contributed by atoms with E-state index in [2.05, 4.69) is 43.5 Å². The van der Waals surface area contributed by atoms with E-state index in [9.17, 15) is 9.59 Å². The van der Waals surface area contributed by atoms with Gasteiger partial charge in [-0.3, -0.25) is 9.36 Å². The number of fused-ring (bicyclic) bond motifs is 1.